The lowest BCUT2D eigenvalue weighted by atomic mass is 10.2. The fraction of sp³-hybridized carbons (Fsp3) is 0.308. The van der Waals surface area contributed by atoms with Crippen LogP contribution in [0.25, 0.3) is 10.6 Å². The molecule has 0 fully saturated rings. The summed E-state index contributed by atoms with van der Waals surface area (Å²) in [6.07, 6.45) is 2.15. The molecule has 1 N–H and O–H groups in total. The van der Waals surface area contributed by atoms with Crippen molar-refractivity contribution in [2.24, 2.45) is 0 Å². The Balaban J connectivity index is 2.07. The number of benzene rings is 1. The van der Waals surface area contributed by atoms with E-state index in [-0.39, 0.29) is 0 Å². The number of nitrogens with zero attached hydrogens (tertiary/aromatic N) is 1. The van der Waals surface area contributed by atoms with Gasteiger partial charge in [-0.1, -0.05) is 23.7 Å². The zero-order valence-corrected chi connectivity index (χ0v) is 11.3. The minimum absolute atomic E-state index is 0.759. The van der Waals surface area contributed by atoms with Crippen molar-refractivity contribution >= 4 is 22.9 Å². The smallest absolute Gasteiger partial charge is 0.123 e. The van der Waals surface area contributed by atoms with Gasteiger partial charge in [0.2, 0.25) is 0 Å². The van der Waals surface area contributed by atoms with Crippen LogP contribution in [-0.4, -0.2) is 18.6 Å². The summed E-state index contributed by atoms with van der Waals surface area (Å²) in [7, 11) is 1.97. The average Bonchev–Trinajstić information content (AvgIpc) is 2.78. The van der Waals surface area contributed by atoms with Crippen LogP contribution in [0.1, 0.15) is 12.1 Å². The summed E-state index contributed by atoms with van der Waals surface area (Å²) < 4.78 is 0. The molecule has 1 aromatic heterocycles. The molecule has 0 bridgehead atoms. The monoisotopic (exact) mass is 266 g/mol. The zero-order valence-electron chi connectivity index (χ0n) is 9.74. The second kappa shape index (κ2) is 6.15. The van der Waals surface area contributed by atoms with Crippen molar-refractivity contribution in [1.29, 1.82) is 0 Å². The first-order valence-corrected chi connectivity index (χ1v) is 6.90. The van der Waals surface area contributed by atoms with E-state index in [1.807, 2.05) is 31.3 Å². The van der Waals surface area contributed by atoms with E-state index in [0.717, 1.165) is 35.0 Å². The normalized spacial score (nSPS) is 10.7. The lowest BCUT2D eigenvalue weighted by Gasteiger charge is -1.97. The van der Waals surface area contributed by atoms with E-state index < -0.39 is 0 Å². The van der Waals surface area contributed by atoms with Crippen LogP contribution in [0.15, 0.2) is 29.6 Å². The number of rotatable bonds is 5. The summed E-state index contributed by atoms with van der Waals surface area (Å²) in [6.45, 7) is 1.03. The summed E-state index contributed by atoms with van der Waals surface area (Å²) in [5.41, 5.74) is 2.27. The summed E-state index contributed by atoms with van der Waals surface area (Å²) in [4.78, 5) is 4.63. The van der Waals surface area contributed by atoms with Gasteiger partial charge in [0.25, 0.3) is 0 Å². The maximum Gasteiger partial charge on any atom is 0.123 e. The van der Waals surface area contributed by atoms with Gasteiger partial charge >= 0.3 is 0 Å². The van der Waals surface area contributed by atoms with Gasteiger partial charge in [0.05, 0.1) is 5.69 Å². The van der Waals surface area contributed by atoms with Crippen LogP contribution in [0.4, 0.5) is 0 Å². The molecule has 0 amide bonds. The van der Waals surface area contributed by atoms with E-state index in [4.69, 9.17) is 11.6 Å². The van der Waals surface area contributed by atoms with Gasteiger partial charge in [-0.25, -0.2) is 4.98 Å². The number of thiazole rings is 1. The first kappa shape index (κ1) is 12.6. The third-order valence-electron chi connectivity index (χ3n) is 2.48. The molecule has 1 heterocycles. The van der Waals surface area contributed by atoms with Crippen molar-refractivity contribution in [3.8, 4) is 10.6 Å². The Labute approximate surface area is 111 Å². The maximum atomic E-state index is 5.97. The first-order valence-electron chi connectivity index (χ1n) is 5.64. The van der Waals surface area contributed by atoms with Crippen molar-refractivity contribution in [2.45, 2.75) is 12.8 Å². The van der Waals surface area contributed by atoms with Crippen molar-refractivity contribution < 1.29 is 0 Å². The minimum Gasteiger partial charge on any atom is -0.320 e. The summed E-state index contributed by atoms with van der Waals surface area (Å²) in [5.74, 6) is 0. The fourth-order valence-electron chi connectivity index (χ4n) is 1.62. The second-order valence-electron chi connectivity index (χ2n) is 3.86. The number of hydrogen-bond acceptors (Lipinski definition) is 3. The van der Waals surface area contributed by atoms with Crippen LogP contribution < -0.4 is 5.32 Å². The first-order chi connectivity index (χ1) is 8.29. The van der Waals surface area contributed by atoms with Crippen LogP contribution in [0.3, 0.4) is 0 Å². The predicted molar refractivity (Wildman–Crippen MR) is 74.8 cm³/mol. The topological polar surface area (TPSA) is 24.9 Å². The number of hydrogen-bond donors (Lipinski definition) is 1. The van der Waals surface area contributed by atoms with E-state index in [1.165, 1.54) is 5.69 Å². The Morgan fingerprint density at radius 2 is 2.29 bits per heavy atom. The lowest BCUT2D eigenvalue weighted by molar-refractivity contribution is 0.718. The number of aryl methyl sites for hydroxylation is 1. The Morgan fingerprint density at radius 1 is 1.41 bits per heavy atom. The van der Waals surface area contributed by atoms with E-state index in [0.29, 0.717) is 0 Å². The van der Waals surface area contributed by atoms with Gasteiger partial charge < -0.3 is 5.32 Å². The molecule has 1 aromatic carbocycles. The zero-order chi connectivity index (χ0) is 12.1. The van der Waals surface area contributed by atoms with Crippen LogP contribution in [0.5, 0.6) is 0 Å². The number of nitrogens with one attached hydrogen (secondary N) is 1. The predicted octanol–water partition coefficient (Wildman–Crippen LogP) is 3.62. The highest BCUT2D eigenvalue weighted by Crippen LogP contribution is 2.26. The van der Waals surface area contributed by atoms with Crippen LogP contribution in [0, 0.1) is 0 Å². The highest BCUT2D eigenvalue weighted by atomic mass is 35.5. The minimum atomic E-state index is 0.759. The molecule has 0 aliphatic rings. The number of halogens is 1. The van der Waals surface area contributed by atoms with Gasteiger partial charge in [0, 0.05) is 16.0 Å². The molecule has 4 heteroatoms. The van der Waals surface area contributed by atoms with E-state index >= 15 is 0 Å². The molecular weight excluding hydrogens is 252 g/mol. The summed E-state index contributed by atoms with van der Waals surface area (Å²) >= 11 is 7.65. The summed E-state index contributed by atoms with van der Waals surface area (Å²) in [6, 6.07) is 7.84. The Morgan fingerprint density at radius 3 is 3.06 bits per heavy atom. The Bertz CT molecular complexity index is 482. The molecule has 0 spiro atoms. The maximum absolute atomic E-state index is 5.97. The molecule has 17 heavy (non-hydrogen) atoms. The van der Waals surface area contributed by atoms with Gasteiger partial charge in [-0.05, 0) is 38.6 Å². The highest BCUT2D eigenvalue weighted by Gasteiger charge is 2.04. The van der Waals surface area contributed by atoms with Crippen molar-refractivity contribution in [2.75, 3.05) is 13.6 Å². The molecule has 0 radical (unpaired) electrons. The lowest BCUT2D eigenvalue weighted by Crippen LogP contribution is -2.08. The Hall–Kier alpha value is -0.900. The third-order valence-corrected chi connectivity index (χ3v) is 3.66. The van der Waals surface area contributed by atoms with Crippen molar-refractivity contribution in [3.63, 3.8) is 0 Å². The third kappa shape index (κ3) is 3.53. The Kier molecular flexibility index (Phi) is 4.54. The summed E-state index contributed by atoms with van der Waals surface area (Å²) in [5, 5.41) is 7.08. The van der Waals surface area contributed by atoms with E-state index in [9.17, 15) is 0 Å². The molecule has 0 unspecified atom stereocenters. The molecule has 2 rings (SSSR count). The molecular formula is C13H15ClN2S. The van der Waals surface area contributed by atoms with Crippen molar-refractivity contribution in [3.05, 3.63) is 40.4 Å². The van der Waals surface area contributed by atoms with Gasteiger partial charge in [-0.15, -0.1) is 11.3 Å². The molecule has 0 saturated heterocycles. The quantitative estimate of drug-likeness (QED) is 0.837. The molecule has 0 atom stereocenters. The van der Waals surface area contributed by atoms with Crippen molar-refractivity contribution in [1.82, 2.24) is 10.3 Å². The van der Waals surface area contributed by atoms with Crippen LogP contribution in [-0.2, 0) is 6.42 Å². The molecule has 0 aliphatic carbocycles. The highest BCUT2D eigenvalue weighted by molar-refractivity contribution is 7.13. The van der Waals surface area contributed by atoms with Crippen LogP contribution >= 0.6 is 22.9 Å². The van der Waals surface area contributed by atoms with Gasteiger partial charge in [-0.2, -0.15) is 0 Å². The van der Waals surface area contributed by atoms with E-state index in [2.05, 4.69) is 15.7 Å². The average molecular weight is 267 g/mol. The fourth-order valence-corrected chi connectivity index (χ4v) is 2.66. The van der Waals surface area contributed by atoms with Gasteiger partial charge in [0.1, 0.15) is 5.01 Å². The molecule has 2 aromatic rings. The SMILES string of the molecule is CNCCCc1csc(-c2cccc(Cl)c2)n1. The molecule has 2 nitrogen and oxygen atoms in total. The molecule has 90 valence electrons. The standard InChI is InChI=1S/C13H15ClN2S/c1-15-7-3-6-12-9-17-13(16-12)10-4-2-5-11(14)8-10/h2,4-5,8-9,15H,3,6-7H2,1H3. The van der Waals surface area contributed by atoms with Gasteiger partial charge in [-0.3, -0.25) is 0 Å². The number of aromatic nitrogens is 1. The molecule has 0 aliphatic heterocycles. The van der Waals surface area contributed by atoms with Gasteiger partial charge in [0.15, 0.2) is 0 Å². The largest absolute Gasteiger partial charge is 0.320 e. The molecule has 0 saturated carbocycles. The van der Waals surface area contributed by atoms with E-state index in [1.54, 1.807) is 11.3 Å². The van der Waals surface area contributed by atoms with Crippen LogP contribution in [0.2, 0.25) is 5.02 Å². The second-order valence-corrected chi connectivity index (χ2v) is 5.16.